The molecule has 1 heterocycles. The van der Waals surface area contributed by atoms with Gasteiger partial charge >= 0.3 is 17.9 Å². The van der Waals surface area contributed by atoms with Gasteiger partial charge in [-0.25, -0.2) is 14.4 Å². The van der Waals surface area contributed by atoms with Gasteiger partial charge in [-0.15, -0.1) is 0 Å². The van der Waals surface area contributed by atoms with Crippen LogP contribution in [0.25, 0.3) is 0 Å². The van der Waals surface area contributed by atoms with E-state index in [-0.39, 0.29) is 16.7 Å². The Bertz CT molecular complexity index is 1170. The predicted molar refractivity (Wildman–Crippen MR) is 124 cm³/mol. The molecule has 3 aromatic rings. The quantitative estimate of drug-likeness (QED) is 0.408. The highest BCUT2D eigenvalue weighted by Gasteiger charge is 2.44. The van der Waals surface area contributed by atoms with Gasteiger partial charge in [0, 0.05) is 7.77 Å². The number of rotatable bonds is 7. The minimum atomic E-state index is -1.69. The van der Waals surface area contributed by atoms with Crippen LogP contribution in [-0.2, 0) is 18.9 Å². The Morgan fingerprint density at radius 2 is 1.23 bits per heavy atom. The molecule has 0 aromatic heterocycles. The number of carbonyl (C=O) groups excluding carboxylic acids is 3. The van der Waals surface area contributed by atoms with E-state index in [0.717, 1.165) is 0 Å². The first-order chi connectivity index (χ1) is 17.4. The fraction of sp³-hybridized carbons (Fsp3) is 0.222. The first kappa shape index (κ1) is 22.8. The molecule has 8 heteroatoms. The van der Waals surface area contributed by atoms with Crippen LogP contribution in [0.3, 0.4) is 0 Å². The molecular formula is C27H24O8. The van der Waals surface area contributed by atoms with E-state index in [4.69, 9.17) is 20.3 Å². The highest BCUT2D eigenvalue weighted by Crippen LogP contribution is 2.27. The number of ether oxygens (including phenoxy) is 4. The number of aliphatic hydroxyl groups is 1. The van der Waals surface area contributed by atoms with Gasteiger partial charge in [0.2, 0.25) is 0 Å². The second-order valence-electron chi connectivity index (χ2n) is 7.69. The summed E-state index contributed by atoms with van der Waals surface area (Å²) in [6.07, 6.45) is -7.15. The van der Waals surface area contributed by atoms with Gasteiger partial charge in [-0.3, -0.25) is 0 Å². The van der Waals surface area contributed by atoms with Crippen LogP contribution in [0.2, 0.25) is 0 Å². The number of hydrogen-bond acceptors (Lipinski definition) is 8. The number of hydrogen-bond donors (Lipinski definition) is 1. The van der Waals surface area contributed by atoms with Crippen LogP contribution in [0.5, 0.6) is 0 Å². The molecule has 0 bridgehead atoms. The van der Waals surface area contributed by atoms with E-state index in [1.807, 2.05) is 0 Å². The molecular weight excluding hydrogens is 452 g/mol. The zero-order chi connectivity index (χ0) is 25.5. The van der Waals surface area contributed by atoms with Crippen molar-refractivity contribution in [2.24, 2.45) is 0 Å². The van der Waals surface area contributed by atoms with Crippen LogP contribution >= 0.6 is 0 Å². The average molecular weight is 477 g/mol. The Labute approximate surface area is 203 Å². The third-order valence-electron chi connectivity index (χ3n) is 5.25. The average Bonchev–Trinajstić information content (AvgIpc) is 2.92. The molecule has 4 rings (SSSR count). The van der Waals surface area contributed by atoms with Gasteiger partial charge in [0.25, 0.3) is 0 Å². The van der Waals surface area contributed by atoms with Crippen molar-refractivity contribution in [1.29, 1.82) is 0 Å². The monoisotopic (exact) mass is 477 g/mol. The van der Waals surface area contributed by atoms with E-state index in [1.165, 1.54) is 24.3 Å². The van der Waals surface area contributed by atoms with E-state index in [9.17, 15) is 19.5 Å². The SMILES string of the molecule is [2H][C@@H]1[C@@H](OC(=O)c2ccccc2)[C@H](OC(=O)c2ccccc2)[C@@H](COC(=O)c2ccccc2)O[C@@H]1O. The summed E-state index contributed by atoms with van der Waals surface area (Å²) in [5, 5.41) is 10.4. The largest absolute Gasteiger partial charge is 0.459 e. The highest BCUT2D eigenvalue weighted by atomic mass is 16.7. The maximum Gasteiger partial charge on any atom is 0.338 e. The van der Waals surface area contributed by atoms with Crippen molar-refractivity contribution < 1.29 is 39.8 Å². The Kier molecular flexibility index (Phi) is 7.42. The van der Waals surface area contributed by atoms with Crippen molar-refractivity contribution in [3.8, 4) is 0 Å². The molecule has 0 spiro atoms. The van der Waals surface area contributed by atoms with Crippen molar-refractivity contribution >= 4 is 17.9 Å². The van der Waals surface area contributed by atoms with Gasteiger partial charge in [-0.2, -0.15) is 0 Å². The van der Waals surface area contributed by atoms with Crippen molar-refractivity contribution in [1.82, 2.24) is 0 Å². The summed E-state index contributed by atoms with van der Waals surface area (Å²) in [4.78, 5) is 38.1. The van der Waals surface area contributed by atoms with Crippen LogP contribution in [0, 0.1) is 0 Å². The van der Waals surface area contributed by atoms with Crippen molar-refractivity contribution in [2.45, 2.75) is 31.0 Å². The van der Waals surface area contributed by atoms with Crippen LogP contribution in [-0.4, -0.2) is 54.2 Å². The van der Waals surface area contributed by atoms with Crippen molar-refractivity contribution in [3.63, 3.8) is 0 Å². The van der Waals surface area contributed by atoms with Crippen LogP contribution in [0.15, 0.2) is 91.0 Å². The highest BCUT2D eigenvalue weighted by molar-refractivity contribution is 5.90. The third kappa shape index (κ3) is 6.32. The summed E-state index contributed by atoms with van der Waals surface area (Å²) in [7, 11) is 0. The predicted octanol–water partition coefficient (Wildman–Crippen LogP) is 3.40. The van der Waals surface area contributed by atoms with E-state index in [1.54, 1.807) is 66.7 Å². The van der Waals surface area contributed by atoms with E-state index >= 15 is 0 Å². The van der Waals surface area contributed by atoms with Gasteiger partial charge in [-0.1, -0.05) is 54.6 Å². The molecule has 0 radical (unpaired) electrons. The second kappa shape index (κ2) is 11.4. The van der Waals surface area contributed by atoms with E-state index in [2.05, 4.69) is 0 Å². The third-order valence-corrected chi connectivity index (χ3v) is 5.25. The maximum atomic E-state index is 12.9. The summed E-state index contributed by atoms with van der Waals surface area (Å²) in [5.41, 5.74) is 0.723. The molecule has 35 heavy (non-hydrogen) atoms. The fourth-order valence-electron chi connectivity index (χ4n) is 3.52. The second-order valence-corrected chi connectivity index (χ2v) is 7.69. The van der Waals surface area contributed by atoms with Gasteiger partial charge in [0.1, 0.15) is 18.8 Å². The summed E-state index contributed by atoms with van der Waals surface area (Å²) in [6.45, 7) is -0.427. The van der Waals surface area contributed by atoms with Crippen LogP contribution < -0.4 is 0 Å². The van der Waals surface area contributed by atoms with Gasteiger partial charge < -0.3 is 24.1 Å². The molecule has 180 valence electrons. The van der Waals surface area contributed by atoms with E-state index < -0.39 is 55.5 Å². The molecule has 5 atom stereocenters. The zero-order valence-electron chi connectivity index (χ0n) is 19.6. The maximum absolute atomic E-state index is 12.9. The number of carbonyl (C=O) groups is 3. The molecule has 1 aliphatic rings. The molecule has 1 saturated heterocycles. The summed E-state index contributed by atoms with van der Waals surface area (Å²) < 4.78 is 30.4. The molecule has 0 saturated carbocycles. The lowest BCUT2D eigenvalue weighted by molar-refractivity contribution is -0.239. The molecule has 1 N–H and O–H groups in total. The van der Waals surface area contributed by atoms with Crippen LogP contribution in [0.1, 0.15) is 38.8 Å². The van der Waals surface area contributed by atoms with Crippen molar-refractivity contribution in [2.75, 3.05) is 6.61 Å². The number of benzene rings is 3. The number of aliphatic hydroxyl groups excluding tert-OH is 1. The van der Waals surface area contributed by atoms with Gasteiger partial charge in [0.15, 0.2) is 12.4 Å². The smallest absolute Gasteiger partial charge is 0.338 e. The normalized spacial score (nSPS) is 24.0. The van der Waals surface area contributed by atoms with E-state index in [0.29, 0.717) is 0 Å². The lowest BCUT2D eigenvalue weighted by Gasteiger charge is -2.38. The number of esters is 3. The molecule has 1 aliphatic heterocycles. The lowest BCUT2D eigenvalue weighted by Crippen LogP contribution is -2.54. The molecule has 3 aromatic carbocycles. The minimum absolute atomic E-state index is 0.214. The van der Waals surface area contributed by atoms with Gasteiger partial charge in [-0.05, 0) is 36.4 Å². The molecule has 8 nitrogen and oxygen atoms in total. The summed E-state index contributed by atoms with van der Waals surface area (Å²) >= 11 is 0. The molecule has 0 unspecified atom stereocenters. The Morgan fingerprint density at radius 1 is 0.771 bits per heavy atom. The topological polar surface area (TPSA) is 108 Å². The first-order valence-corrected chi connectivity index (χ1v) is 10.9. The molecule has 0 aliphatic carbocycles. The zero-order valence-corrected chi connectivity index (χ0v) is 18.6. The summed E-state index contributed by atoms with van der Waals surface area (Å²) in [6, 6.07) is 24.4. The Balaban J connectivity index is 1.57. The molecule has 1 fully saturated rings. The lowest BCUT2D eigenvalue weighted by atomic mass is 10.0. The summed E-state index contributed by atoms with van der Waals surface area (Å²) in [5.74, 6) is -2.19. The fourth-order valence-corrected chi connectivity index (χ4v) is 3.52. The molecule has 0 amide bonds. The first-order valence-electron chi connectivity index (χ1n) is 11.5. The standard InChI is InChI=1S/C27H24O8/c28-23-16-21(34-26(30)19-12-6-2-7-13-19)24(35-27(31)20-14-8-3-9-15-20)22(33-23)17-32-25(29)18-10-4-1-5-11-18/h1-15,21-24,28H,16-17H2/t21-,22-,23+,24+/m1/s1/i16D/t16-,21-,22-,23+,24+. The minimum Gasteiger partial charge on any atom is -0.459 e. The Morgan fingerprint density at radius 3 is 1.74 bits per heavy atom. The van der Waals surface area contributed by atoms with Gasteiger partial charge in [0.05, 0.1) is 16.7 Å². The van der Waals surface area contributed by atoms with Crippen molar-refractivity contribution in [3.05, 3.63) is 108 Å². The Hall–Kier alpha value is -4.01. The van der Waals surface area contributed by atoms with Crippen LogP contribution in [0.4, 0.5) is 0 Å².